The van der Waals surface area contributed by atoms with Gasteiger partial charge in [0.05, 0.1) is 5.68 Å². The zero-order valence-electron chi connectivity index (χ0n) is 11.0. The Morgan fingerprint density at radius 2 is 1.95 bits per heavy atom. The molecule has 6 heteroatoms. The van der Waals surface area contributed by atoms with Gasteiger partial charge in [-0.3, -0.25) is 0 Å². The molecule has 0 amide bonds. The van der Waals surface area contributed by atoms with Crippen molar-refractivity contribution in [2.45, 2.75) is 33.0 Å². The van der Waals surface area contributed by atoms with Crippen molar-refractivity contribution in [1.29, 1.82) is 0 Å². The molecular formula is C13H15BF3O2. The van der Waals surface area contributed by atoms with Crippen molar-refractivity contribution in [3.63, 3.8) is 0 Å². The van der Waals surface area contributed by atoms with Gasteiger partial charge in [-0.25, -0.2) is 0 Å². The second kappa shape index (κ2) is 6.13. The van der Waals surface area contributed by atoms with Crippen LogP contribution >= 0.6 is 0 Å². The lowest BCUT2D eigenvalue weighted by molar-refractivity contribution is -0.274. The molecule has 0 aliphatic rings. The fraction of sp³-hybridized carbons (Fsp3) is 0.462. The second-order valence-electron chi connectivity index (χ2n) is 4.67. The molecule has 2 nitrogen and oxygen atoms in total. The minimum absolute atomic E-state index is 0.102. The summed E-state index contributed by atoms with van der Waals surface area (Å²) in [6, 6.07) is 5.73. The van der Waals surface area contributed by atoms with E-state index in [1.165, 1.54) is 32.4 Å². The van der Waals surface area contributed by atoms with Crippen LogP contribution in [0.5, 0.6) is 5.75 Å². The zero-order valence-corrected chi connectivity index (χ0v) is 11.0. The summed E-state index contributed by atoms with van der Waals surface area (Å²) in [5.74, 6) is -0.396. The second-order valence-corrected chi connectivity index (χ2v) is 4.67. The quantitative estimate of drug-likeness (QED) is 0.766. The third kappa shape index (κ3) is 5.36. The van der Waals surface area contributed by atoms with Crippen LogP contribution < -0.4 is 4.74 Å². The van der Waals surface area contributed by atoms with Gasteiger partial charge < -0.3 is 9.53 Å². The molecule has 0 saturated heterocycles. The molecule has 1 rings (SSSR count). The normalized spacial score (nSPS) is 13.2. The monoisotopic (exact) mass is 271 g/mol. The van der Waals surface area contributed by atoms with Crippen LogP contribution in [-0.4, -0.2) is 19.3 Å². The highest BCUT2D eigenvalue weighted by Crippen LogP contribution is 2.29. The first kappa shape index (κ1) is 15.6. The summed E-state index contributed by atoms with van der Waals surface area (Å²) in [6.07, 6.45) is -4.71. The van der Waals surface area contributed by atoms with Gasteiger partial charge in [0.25, 0.3) is 0 Å². The smallest absolute Gasteiger partial charge is 0.406 e. The lowest BCUT2D eigenvalue weighted by Gasteiger charge is -2.20. The van der Waals surface area contributed by atoms with Crippen LogP contribution in [0.1, 0.15) is 32.2 Å². The molecule has 0 bridgehead atoms. The topological polar surface area (TPSA) is 26.3 Å². The Hall–Kier alpha value is -1.46. The predicted molar refractivity (Wildman–Crippen MR) is 67.1 cm³/mol. The van der Waals surface area contributed by atoms with E-state index in [1.54, 1.807) is 6.07 Å². The Balaban J connectivity index is 2.98. The molecule has 1 aromatic rings. The Morgan fingerprint density at radius 1 is 1.32 bits per heavy atom. The van der Waals surface area contributed by atoms with E-state index >= 15 is 0 Å². The summed E-state index contributed by atoms with van der Waals surface area (Å²) in [6.45, 7) is 5.23. The average Bonchev–Trinajstić information content (AvgIpc) is 2.23. The van der Waals surface area contributed by atoms with Gasteiger partial charge >= 0.3 is 6.36 Å². The molecule has 0 aromatic heterocycles. The molecule has 1 atom stereocenters. The van der Waals surface area contributed by atoms with Crippen LogP contribution in [0.25, 0.3) is 0 Å². The van der Waals surface area contributed by atoms with E-state index in [-0.39, 0.29) is 23.2 Å². The highest BCUT2D eigenvalue weighted by atomic mass is 19.4. The van der Waals surface area contributed by atoms with Gasteiger partial charge in [0.1, 0.15) is 5.75 Å². The van der Waals surface area contributed by atoms with E-state index in [1.807, 2.05) is 13.8 Å². The third-order valence-electron chi connectivity index (χ3n) is 2.61. The SMILES string of the molecule is CC(=O)[B]C(c1cccc(OC(F)(F)F)c1)C(C)C. The maximum atomic E-state index is 12.2. The van der Waals surface area contributed by atoms with Crippen LogP contribution in [0.15, 0.2) is 24.3 Å². The fourth-order valence-electron chi connectivity index (χ4n) is 1.85. The molecular weight excluding hydrogens is 256 g/mol. The summed E-state index contributed by atoms with van der Waals surface area (Å²) in [4.78, 5) is 11.2. The van der Waals surface area contributed by atoms with E-state index in [9.17, 15) is 18.0 Å². The maximum absolute atomic E-state index is 12.2. The van der Waals surface area contributed by atoms with Crippen molar-refractivity contribution in [2.75, 3.05) is 0 Å². The number of hydrogen-bond donors (Lipinski definition) is 0. The highest BCUT2D eigenvalue weighted by Gasteiger charge is 2.31. The summed E-state index contributed by atoms with van der Waals surface area (Å²) < 4.78 is 40.4. The number of ether oxygens (including phenoxy) is 1. The van der Waals surface area contributed by atoms with Gasteiger partial charge in [-0.1, -0.05) is 26.0 Å². The lowest BCUT2D eigenvalue weighted by atomic mass is 9.55. The largest absolute Gasteiger partial charge is 0.573 e. The zero-order chi connectivity index (χ0) is 14.6. The minimum Gasteiger partial charge on any atom is -0.406 e. The number of rotatable bonds is 5. The summed E-state index contributed by atoms with van der Waals surface area (Å²) in [5.41, 5.74) is 0.521. The molecule has 1 aromatic carbocycles. The van der Waals surface area contributed by atoms with Gasteiger partial charge in [0.2, 0.25) is 7.28 Å². The summed E-state index contributed by atoms with van der Waals surface area (Å²) >= 11 is 0. The fourth-order valence-corrected chi connectivity index (χ4v) is 1.85. The van der Waals surface area contributed by atoms with Crippen molar-refractivity contribution in [3.05, 3.63) is 29.8 Å². The summed E-state index contributed by atoms with van der Waals surface area (Å²) in [7, 11) is 1.51. The van der Waals surface area contributed by atoms with Gasteiger partial charge in [-0.15, -0.1) is 13.2 Å². The third-order valence-corrected chi connectivity index (χ3v) is 2.61. The molecule has 0 heterocycles. The van der Waals surface area contributed by atoms with Gasteiger partial charge in [0.15, 0.2) is 0 Å². The number of alkyl halides is 3. The maximum Gasteiger partial charge on any atom is 0.573 e. The Morgan fingerprint density at radius 3 is 2.42 bits per heavy atom. The predicted octanol–water partition coefficient (Wildman–Crippen LogP) is 3.53. The molecule has 19 heavy (non-hydrogen) atoms. The highest BCUT2D eigenvalue weighted by molar-refractivity contribution is 6.74. The van der Waals surface area contributed by atoms with Crippen LogP contribution in [-0.2, 0) is 4.79 Å². The van der Waals surface area contributed by atoms with Gasteiger partial charge in [0, 0.05) is 0 Å². The molecule has 0 saturated carbocycles. The van der Waals surface area contributed by atoms with Crippen molar-refractivity contribution >= 4 is 13.0 Å². The molecule has 0 aliphatic carbocycles. The summed E-state index contributed by atoms with van der Waals surface area (Å²) in [5, 5.41) is 0. The number of carbonyl (C=O) groups excluding carboxylic acids is 1. The Bertz CT molecular complexity index is 444. The number of carbonyl (C=O) groups is 1. The van der Waals surface area contributed by atoms with E-state index in [4.69, 9.17) is 0 Å². The van der Waals surface area contributed by atoms with E-state index < -0.39 is 6.36 Å². The molecule has 1 unspecified atom stereocenters. The lowest BCUT2D eigenvalue weighted by Crippen LogP contribution is -2.21. The van der Waals surface area contributed by atoms with Crippen molar-refractivity contribution in [3.8, 4) is 5.75 Å². The molecule has 0 N–H and O–H groups in total. The van der Waals surface area contributed by atoms with E-state index in [0.29, 0.717) is 5.56 Å². The van der Waals surface area contributed by atoms with Crippen molar-refractivity contribution in [1.82, 2.24) is 0 Å². The molecule has 1 radical (unpaired) electrons. The first-order valence-corrected chi connectivity index (χ1v) is 5.90. The van der Waals surface area contributed by atoms with Crippen molar-refractivity contribution < 1.29 is 22.7 Å². The molecule has 0 spiro atoms. The van der Waals surface area contributed by atoms with Gasteiger partial charge in [-0.2, -0.15) is 0 Å². The first-order valence-electron chi connectivity index (χ1n) is 5.90. The van der Waals surface area contributed by atoms with E-state index in [2.05, 4.69) is 4.74 Å². The minimum atomic E-state index is -4.71. The van der Waals surface area contributed by atoms with Crippen LogP contribution in [0.3, 0.4) is 0 Å². The first-order chi connectivity index (χ1) is 8.69. The molecule has 0 aliphatic heterocycles. The average molecular weight is 271 g/mol. The van der Waals surface area contributed by atoms with Crippen LogP contribution in [0.4, 0.5) is 13.2 Å². The number of hydrogen-bond acceptors (Lipinski definition) is 2. The Labute approximate surface area is 111 Å². The number of halogens is 3. The molecule has 0 fully saturated rings. The van der Waals surface area contributed by atoms with Crippen LogP contribution in [0, 0.1) is 5.92 Å². The standard InChI is InChI=1S/C13H15BF3O2/c1-8(2)12(14-9(3)18)10-5-4-6-11(7-10)19-13(15,16)17/h4-8,12H,1-3H3. The number of benzene rings is 1. The van der Waals surface area contributed by atoms with Crippen LogP contribution in [0.2, 0.25) is 0 Å². The van der Waals surface area contributed by atoms with Gasteiger partial charge in [-0.05, 0) is 36.4 Å². The molecule has 103 valence electrons. The van der Waals surface area contributed by atoms with Crippen molar-refractivity contribution in [2.24, 2.45) is 5.92 Å². The van der Waals surface area contributed by atoms with E-state index in [0.717, 1.165) is 0 Å². The Kier molecular flexibility index (Phi) is 5.03.